The lowest BCUT2D eigenvalue weighted by Gasteiger charge is -2.38. The number of methoxy groups -OCH3 is 3. The van der Waals surface area contributed by atoms with E-state index < -0.39 is 46.6 Å². The third kappa shape index (κ3) is 5.60. The molecule has 1 amide bonds. The van der Waals surface area contributed by atoms with E-state index in [0.717, 1.165) is 4.90 Å². The molecule has 1 aromatic heterocycles. The lowest BCUT2D eigenvalue weighted by molar-refractivity contribution is -0.122. The summed E-state index contributed by atoms with van der Waals surface area (Å²) >= 11 is 8.09. The maximum absolute atomic E-state index is 14.2. The second-order valence-corrected chi connectivity index (χ2v) is 12.1. The van der Waals surface area contributed by atoms with Crippen molar-refractivity contribution in [3.05, 3.63) is 81.5 Å². The molecule has 3 atom stereocenters. The molecule has 3 aromatic rings. The Bertz CT molecular complexity index is 1750. The molecule has 46 heavy (non-hydrogen) atoms. The number of benzene rings is 2. The number of hydrogen-bond acceptors (Lipinski definition) is 11. The van der Waals surface area contributed by atoms with Gasteiger partial charge < -0.3 is 33.8 Å². The van der Waals surface area contributed by atoms with Crippen LogP contribution in [0.3, 0.4) is 0 Å². The van der Waals surface area contributed by atoms with Crippen molar-refractivity contribution in [2.75, 3.05) is 27.6 Å². The monoisotopic (exact) mass is 669 g/mol. The standard InChI is InChI=1S/C33H32ClNO10S/c1-16-12-21(36)26(30(38)33(16)31(39)27-23(41-2)14-24(42-3)28(34)29(27)45-33)20(17-6-9-19(46-5)10-7-17)13-25(37)35-15-18-8-11-22(44-18)32(40)43-4/h6-11,14,16,20,38H,12-13,15H2,1-5H3,(H,35,37). The number of aliphatic hydroxyl groups is 1. The van der Waals surface area contributed by atoms with Crippen molar-refractivity contribution in [1.29, 1.82) is 0 Å². The summed E-state index contributed by atoms with van der Waals surface area (Å²) in [5.41, 5.74) is -1.52. The highest BCUT2D eigenvalue weighted by Gasteiger charge is 2.61. The molecular formula is C33H32ClNO10S. The average Bonchev–Trinajstić information content (AvgIpc) is 3.66. The normalized spacial score (nSPS) is 19.5. The number of ketones is 2. The van der Waals surface area contributed by atoms with Crippen LogP contribution in [0, 0.1) is 5.92 Å². The number of thioether (sulfide) groups is 1. The molecule has 5 rings (SSSR count). The molecule has 13 heteroatoms. The largest absolute Gasteiger partial charge is 0.507 e. The number of esters is 1. The van der Waals surface area contributed by atoms with E-state index in [1.807, 2.05) is 18.4 Å². The molecule has 242 valence electrons. The summed E-state index contributed by atoms with van der Waals surface area (Å²) in [6.45, 7) is 1.58. The molecule has 0 saturated heterocycles. The van der Waals surface area contributed by atoms with E-state index in [4.69, 9.17) is 30.2 Å². The van der Waals surface area contributed by atoms with Crippen LogP contribution in [-0.4, -0.2) is 61.7 Å². The highest BCUT2D eigenvalue weighted by atomic mass is 35.5. The number of allylic oxidation sites excluding steroid dienone is 1. The van der Waals surface area contributed by atoms with Crippen LogP contribution in [0.5, 0.6) is 17.2 Å². The third-order valence-electron chi connectivity index (χ3n) is 8.28. The van der Waals surface area contributed by atoms with Gasteiger partial charge >= 0.3 is 5.97 Å². The number of aliphatic hydroxyl groups excluding tert-OH is 1. The van der Waals surface area contributed by atoms with E-state index in [1.165, 1.54) is 51.3 Å². The average molecular weight is 670 g/mol. The fraction of sp³-hybridized carbons (Fsp3) is 0.333. The van der Waals surface area contributed by atoms with Crippen LogP contribution in [0.25, 0.3) is 0 Å². The Hall–Kier alpha value is -4.42. The third-order valence-corrected chi connectivity index (χ3v) is 9.38. The van der Waals surface area contributed by atoms with E-state index in [1.54, 1.807) is 19.1 Å². The number of carbonyl (C=O) groups excluding carboxylic acids is 4. The molecule has 2 aliphatic rings. The maximum Gasteiger partial charge on any atom is 0.373 e. The minimum atomic E-state index is -2.00. The van der Waals surface area contributed by atoms with E-state index in [2.05, 4.69) is 10.1 Å². The second-order valence-electron chi connectivity index (χ2n) is 10.8. The number of carbonyl (C=O) groups is 4. The van der Waals surface area contributed by atoms with Gasteiger partial charge in [-0.2, -0.15) is 0 Å². The van der Waals surface area contributed by atoms with Gasteiger partial charge in [0.1, 0.15) is 27.8 Å². The summed E-state index contributed by atoms with van der Waals surface area (Å²) in [4.78, 5) is 54.1. The quantitative estimate of drug-likeness (QED) is 0.203. The minimum absolute atomic E-state index is 0.0128. The van der Waals surface area contributed by atoms with Crippen molar-refractivity contribution in [2.45, 2.75) is 42.7 Å². The summed E-state index contributed by atoms with van der Waals surface area (Å²) in [7, 11) is 4.01. The fourth-order valence-corrected chi connectivity index (χ4v) is 6.56. The number of ether oxygens (including phenoxy) is 4. The van der Waals surface area contributed by atoms with E-state index in [9.17, 15) is 24.3 Å². The molecule has 0 bridgehead atoms. The van der Waals surface area contributed by atoms with Crippen LogP contribution in [0.4, 0.5) is 0 Å². The van der Waals surface area contributed by atoms with Gasteiger partial charge in [0, 0.05) is 41.2 Å². The first-order valence-electron chi connectivity index (χ1n) is 14.2. The van der Waals surface area contributed by atoms with Gasteiger partial charge in [-0.3, -0.25) is 14.4 Å². The van der Waals surface area contributed by atoms with Gasteiger partial charge in [-0.15, -0.1) is 11.8 Å². The first kappa shape index (κ1) is 33.0. The van der Waals surface area contributed by atoms with Crippen LogP contribution in [-0.2, 0) is 20.9 Å². The Morgan fingerprint density at radius 1 is 1.11 bits per heavy atom. The summed E-state index contributed by atoms with van der Waals surface area (Å²) in [6.07, 6.45) is 1.50. The number of furan rings is 1. The molecule has 1 spiro atoms. The molecule has 0 fully saturated rings. The van der Waals surface area contributed by atoms with Gasteiger partial charge in [-0.25, -0.2) is 4.79 Å². The Kier molecular flexibility index (Phi) is 9.41. The van der Waals surface area contributed by atoms with Gasteiger partial charge in [-0.1, -0.05) is 30.7 Å². The van der Waals surface area contributed by atoms with Gasteiger partial charge in [-0.05, 0) is 36.1 Å². The smallest absolute Gasteiger partial charge is 0.373 e. The van der Waals surface area contributed by atoms with Crippen LogP contribution < -0.4 is 19.5 Å². The molecule has 0 saturated carbocycles. The zero-order valence-corrected chi connectivity index (χ0v) is 27.3. The highest BCUT2D eigenvalue weighted by Crippen LogP contribution is 2.55. The highest BCUT2D eigenvalue weighted by molar-refractivity contribution is 7.98. The SMILES string of the molecule is COC(=O)c1ccc(CNC(=O)CC(C2=C(O)C3(Oc4c(Cl)c(OC)cc(OC)c4C3=O)C(C)CC2=O)c2ccc(SC)cc2)o1. The Balaban J connectivity index is 1.56. The number of hydrogen-bond donors (Lipinski definition) is 2. The molecule has 0 radical (unpaired) electrons. The van der Waals surface area contributed by atoms with Crippen LogP contribution in [0.2, 0.25) is 5.02 Å². The van der Waals surface area contributed by atoms with Gasteiger partial charge in [0.15, 0.2) is 17.3 Å². The van der Waals surface area contributed by atoms with Crippen molar-refractivity contribution < 1.29 is 47.6 Å². The Morgan fingerprint density at radius 3 is 2.43 bits per heavy atom. The summed E-state index contributed by atoms with van der Waals surface area (Å²) in [5.74, 6) is -3.94. The minimum Gasteiger partial charge on any atom is -0.507 e. The first-order valence-corrected chi connectivity index (χ1v) is 15.8. The summed E-state index contributed by atoms with van der Waals surface area (Å²) in [5, 5.41) is 14.8. The number of amides is 1. The predicted molar refractivity (Wildman–Crippen MR) is 168 cm³/mol. The Morgan fingerprint density at radius 2 is 1.80 bits per heavy atom. The zero-order valence-electron chi connectivity index (χ0n) is 25.7. The topological polar surface area (TPSA) is 151 Å². The molecule has 1 aliphatic heterocycles. The van der Waals surface area contributed by atoms with Crippen molar-refractivity contribution >= 4 is 46.8 Å². The van der Waals surface area contributed by atoms with Crippen LogP contribution >= 0.6 is 23.4 Å². The number of nitrogens with one attached hydrogen (secondary N) is 1. The van der Waals surface area contributed by atoms with Crippen molar-refractivity contribution in [1.82, 2.24) is 5.32 Å². The van der Waals surface area contributed by atoms with Crippen LogP contribution in [0.15, 0.2) is 63.1 Å². The van der Waals surface area contributed by atoms with Gasteiger partial charge in [0.2, 0.25) is 23.1 Å². The fourth-order valence-electron chi connectivity index (χ4n) is 5.89. The number of rotatable bonds is 10. The van der Waals surface area contributed by atoms with Crippen LogP contribution in [0.1, 0.15) is 57.9 Å². The molecule has 11 nitrogen and oxygen atoms in total. The summed E-state index contributed by atoms with van der Waals surface area (Å²) in [6, 6.07) is 11.6. The molecule has 2 N–H and O–H groups in total. The molecule has 3 unspecified atom stereocenters. The number of halogens is 1. The maximum atomic E-state index is 14.2. The van der Waals surface area contributed by atoms with E-state index in [0.29, 0.717) is 11.3 Å². The molecule has 2 aromatic carbocycles. The lowest BCUT2D eigenvalue weighted by Crippen LogP contribution is -2.53. The van der Waals surface area contributed by atoms with Crippen molar-refractivity contribution in [3.8, 4) is 17.2 Å². The predicted octanol–water partition coefficient (Wildman–Crippen LogP) is 5.68. The molecular weight excluding hydrogens is 638 g/mol. The lowest BCUT2D eigenvalue weighted by atomic mass is 9.69. The summed E-state index contributed by atoms with van der Waals surface area (Å²) < 4.78 is 27.2. The zero-order chi connectivity index (χ0) is 33.3. The van der Waals surface area contributed by atoms with E-state index >= 15 is 0 Å². The number of fused-ring (bicyclic) bond motifs is 1. The van der Waals surface area contributed by atoms with Gasteiger partial charge in [0.25, 0.3) is 0 Å². The molecule has 1 aliphatic carbocycles. The number of Topliss-reactive ketones (excluding diaryl/α,β-unsaturated/α-hetero) is 2. The molecule has 2 heterocycles. The van der Waals surface area contributed by atoms with Crippen molar-refractivity contribution in [2.24, 2.45) is 5.92 Å². The van der Waals surface area contributed by atoms with E-state index in [-0.39, 0.29) is 58.6 Å². The first-order chi connectivity index (χ1) is 22.0. The van der Waals surface area contributed by atoms with Gasteiger partial charge in [0.05, 0.1) is 27.9 Å². The Labute approximate surface area is 274 Å². The second kappa shape index (κ2) is 13.1. The van der Waals surface area contributed by atoms with Crippen molar-refractivity contribution in [3.63, 3.8) is 0 Å².